The Bertz CT molecular complexity index is 836. The SMILES string of the molecule is O=C(Nc1ccc(C(=O)N2CCCC2)cc1)c1ccc(OC[C@H]2CCCO2)cc1. The van der Waals surface area contributed by atoms with E-state index < -0.39 is 0 Å². The van der Waals surface area contributed by atoms with Crippen molar-refractivity contribution in [3.8, 4) is 5.75 Å². The van der Waals surface area contributed by atoms with Crippen LogP contribution in [0.2, 0.25) is 0 Å². The minimum atomic E-state index is -0.200. The van der Waals surface area contributed by atoms with Gasteiger partial charge in [-0.15, -0.1) is 0 Å². The molecule has 29 heavy (non-hydrogen) atoms. The largest absolute Gasteiger partial charge is 0.491 e. The molecule has 2 heterocycles. The van der Waals surface area contributed by atoms with Crippen molar-refractivity contribution in [2.75, 3.05) is 31.6 Å². The lowest BCUT2D eigenvalue weighted by atomic mass is 10.1. The zero-order chi connectivity index (χ0) is 20.1. The predicted molar refractivity (Wildman–Crippen MR) is 110 cm³/mol. The van der Waals surface area contributed by atoms with Gasteiger partial charge >= 0.3 is 0 Å². The lowest BCUT2D eigenvalue weighted by Gasteiger charge is -2.15. The number of hydrogen-bond donors (Lipinski definition) is 1. The standard InChI is InChI=1S/C23H26N2O4/c26-22(17-7-11-20(12-8-17)29-16-21-4-3-15-28-21)24-19-9-5-18(6-10-19)23(27)25-13-1-2-14-25/h5-12,21H,1-4,13-16H2,(H,24,26)/t21-/m1/s1. The predicted octanol–water partition coefficient (Wildman–Crippen LogP) is 3.73. The molecule has 4 rings (SSSR count). The fourth-order valence-corrected chi connectivity index (χ4v) is 3.67. The van der Waals surface area contributed by atoms with Crippen LogP contribution < -0.4 is 10.1 Å². The van der Waals surface area contributed by atoms with Crippen molar-refractivity contribution in [2.24, 2.45) is 0 Å². The average molecular weight is 394 g/mol. The quantitative estimate of drug-likeness (QED) is 0.811. The van der Waals surface area contributed by atoms with Gasteiger partial charge in [0.05, 0.1) is 6.10 Å². The summed E-state index contributed by atoms with van der Waals surface area (Å²) in [4.78, 5) is 26.7. The summed E-state index contributed by atoms with van der Waals surface area (Å²) in [5.74, 6) is 0.579. The third-order valence-corrected chi connectivity index (χ3v) is 5.36. The first-order chi connectivity index (χ1) is 14.2. The summed E-state index contributed by atoms with van der Waals surface area (Å²) in [7, 11) is 0. The van der Waals surface area contributed by atoms with E-state index in [9.17, 15) is 9.59 Å². The number of anilines is 1. The van der Waals surface area contributed by atoms with E-state index in [1.807, 2.05) is 4.90 Å². The van der Waals surface area contributed by atoms with Crippen LogP contribution in [-0.2, 0) is 4.74 Å². The second kappa shape index (κ2) is 9.09. The molecular formula is C23H26N2O4. The number of likely N-dealkylation sites (tertiary alicyclic amines) is 1. The first-order valence-electron chi connectivity index (χ1n) is 10.2. The monoisotopic (exact) mass is 394 g/mol. The first-order valence-corrected chi connectivity index (χ1v) is 10.2. The van der Waals surface area contributed by atoms with Crippen LogP contribution in [0.5, 0.6) is 5.75 Å². The third-order valence-electron chi connectivity index (χ3n) is 5.36. The Hall–Kier alpha value is -2.86. The number of ether oxygens (including phenoxy) is 2. The molecule has 2 amide bonds. The molecular weight excluding hydrogens is 368 g/mol. The number of rotatable bonds is 6. The van der Waals surface area contributed by atoms with Crippen LogP contribution in [-0.4, -0.2) is 49.1 Å². The van der Waals surface area contributed by atoms with Crippen molar-refractivity contribution in [1.82, 2.24) is 4.90 Å². The second-order valence-electron chi connectivity index (χ2n) is 7.50. The Kier molecular flexibility index (Phi) is 6.10. The van der Waals surface area contributed by atoms with E-state index in [-0.39, 0.29) is 17.9 Å². The number of carbonyl (C=O) groups excluding carboxylic acids is 2. The zero-order valence-corrected chi connectivity index (χ0v) is 16.4. The molecule has 2 aromatic carbocycles. The Morgan fingerprint density at radius 1 is 0.966 bits per heavy atom. The molecule has 6 heteroatoms. The van der Waals surface area contributed by atoms with Crippen LogP contribution in [0, 0.1) is 0 Å². The van der Waals surface area contributed by atoms with Crippen LogP contribution in [0.15, 0.2) is 48.5 Å². The molecule has 6 nitrogen and oxygen atoms in total. The Morgan fingerprint density at radius 3 is 2.31 bits per heavy atom. The molecule has 2 aromatic rings. The summed E-state index contributed by atoms with van der Waals surface area (Å²) in [6, 6.07) is 14.1. The fraction of sp³-hybridized carbons (Fsp3) is 0.391. The number of hydrogen-bond acceptors (Lipinski definition) is 4. The van der Waals surface area contributed by atoms with Crippen LogP contribution >= 0.6 is 0 Å². The molecule has 0 unspecified atom stereocenters. The summed E-state index contributed by atoms with van der Waals surface area (Å²) in [6.07, 6.45) is 4.41. The van der Waals surface area contributed by atoms with Crippen LogP contribution in [0.25, 0.3) is 0 Å². The van der Waals surface area contributed by atoms with Gasteiger partial charge in [-0.25, -0.2) is 0 Å². The Balaban J connectivity index is 1.30. The van der Waals surface area contributed by atoms with Crippen molar-refractivity contribution in [3.05, 3.63) is 59.7 Å². The van der Waals surface area contributed by atoms with Gasteiger partial charge in [0.25, 0.3) is 11.8 Å². The van der Waals surface area contributed by atoms with Crippen LogP contribution in [0.4, 0.5) is 5.69 Å². The lowest BCUT2D eigenvalue weighted by molar-refractivity contribution is 0.0679. The number of benzene rings is 2. The molecule has 0 aromatic heterocycles. The van der Waals surface area contributed by atoms with E-state index >= 15 is 0 Å². The van der Waals surface area contributed by atoms with Crippen molar-refractivity contribution < 1.29 is 19.1 Å². The zero-order valence-electron chi connectivity index (χ0n) is 16.4. The summed E-state index contributed by atoms with van der Waals surface area (Å²) < 4.78 is 11.3. The molecule has 152 valence electrons. The van der Waals surface area contributed by atoms with E-state index in [1.165, 1.54) is 0 Å². The first kappa shape index (κ1) is 19.5. The minimum Gasteiger partial charge on any atom is -0.491 e. The maximum Gasteiger partial charge on any atom is 0.255 e. The van der Waals surface area contributed by atoms with Gasteiger partial charge < -0.3 is 19.7 Å². The number of nitrogens with one attached hydrogen (secondary N) is 1. The number of nitrogens with zero attached hydrogens (tertiary/aromatic N) is 1. The van der Waals surface area contributed by atoms with E-state index in [0.717, 1.165) is 51.1 Å². The third kappa shape index (κ3) is 4.95. The van der Waals surface area contributed by atoms with Gasteiger partial charge in [0.15, 0.2) is 0 Å². The Morgan fingerprint density at radius 2 is 1.66 bits per heavy atom. The van der Waals surface area contributed by atoms with Gasteiger partial charge in [-0.2, -0.15) is 0 Å². The summed E-state index contributed by atoms with van der Waals surface area (Å²) >= 11 is 0. The van der Waals surface area contributed by atoms with Gasteiger partial charge in [-0.3, -0.25) is 9.59 Å². The minimum absolute atomic E-state index is 0.0546. The molecule has 0 saturated carbocycles. The van der Waals surface area contributed by atoms with Gasteiger partial charge in [-0.1, -0.05) is 0 Å². The molecule has 2 aliphatic rings. The fourth-order valence-electron chi connectivity index (χ4n) is 3.67. The summed E-state index contributed by atoms with van der Waals surface area (Å²) in [5, 5.41) is 2.87. The molecule has 2 aliphatic heterocycles. The summed E-state index contributed by atoms with van der Waals surface area (Å²) in [5.41, 5.74) is 1.86. The van der Waals surface area contributed by atoms with E-state index in [4.69, 9.17) is 9.47 Å². The maximum atomic E-state index is 12.5. The molecule has 1 atom stereocenters. The van der Waals surface area contributed by atoms with E-state index in [1.54, 1.807) is 48.5 Å². The normalized spacial score (nSPS) is 18.6. The smallest absolute Gasteiger partial charge is 0.255 e. The van der Waals surface area contributed by atoms with Gasteiger partial charge in [0.2, 0.25) is 0 Å². The van der Waals surface area contributed by atoms with Gasteiger partial charge in [0, 0.05) is 36.5 Å². The molecule has 1 N–H and O–H groups in total. The van der Waals surface area contributed by atoms with Crippen molar-refractivity contribution in [1.29, 1.82) is 0 Å². The molecule has 2 saturated heterocycles. The Labute approximate surface area is 170 Å². The molecule has 0 bridgehead atoms. The highest BCUT2D eigenvalue weighted by Crippen LogP contribution is 2.19. The number of carbonyl (C=O) groups is 2. The van der Waals surface area contributed by atoms with Crippen LogP contribution in [0.1, 0.15) is 46.4 Å². The molecule has 0 spiro atoms. The topological polar surface area (TPSA) is 67.9 Å². The summed E-state index contributed by atoms with van der Waals surface area (Å²) in [6.45, 7) is 2.99. The molecule has 0 aliphatic carbocycles. The highest BCUT2D eigenvalue weighted by atomic mass is 16.5. The van der Waals surface area contributed by atoms with Crippen molar-refractivity contribution >= 4 is 17.5 Å². The van der Waals surface area contributed by atoms with Crippen LogP contribution in [0.3, 0.4) is 0 Å². The maximum absolute atomic E-state index is 12.5. The van der Waals surface area contributed by atoms with Crippen molar-refractivity contribution in [2.45, 2.75) is 31.8 Å². The van der Waals surface area contributed by atoms with Crippen molar-refractivity contribution in [3.63, 3.8) is 0 Å². The molecule has 2 fully saturated rings. The highest BCUT2D eigenvalue weighted by Gasteiger charge is 2.19. The van der Waals surface area contributed by atoms with Gasteiger partial charge in [-0.05, 0) is 74.2 Å². The lowest BCUT2D eigenvalue weighted by Crippen LogP contribution is -2.27. The van der Waals surface area contributed by atoms with Gasteiger partial charge in [0.1, 0.15) is 12.4 Å². The molecule has 0 radical (unpaired) electrons. The van der Waals surface area contributed by atoms with E-state index in [2.05, 4.69) is 5.32 Å². The average Bonchev–Trinajstić information content (AvgIpc) is 3.47. The highest BCUT2D eigenvalue weighted by molar-refractivity contribution is 6.04. The van der Waals surface area contributed by atoms with E-state index in [0.29, 0.717) is 23.4 Å². The second-order valence-corrected chi connectivity index (χ2v) is 7.50. The number of amides is 2.